The highest BCUT2D eigenvalue weighted by Gasteiger charge is 2.19. The molecular weight excluding hydrogens is 260 g/mol. The minimum absolute atomic E-state index is 0.225. The van der Waals surface area contributed by atoms with Crippen LogP contribution in [0.2, 0.25) is 0 Å². The first-order chi connectivity index (χ1) is 9.08. The summed E-state index contributed by atoms with van der Waals surface area (Å²) in [7, 11) is 0. The van der Waals surface area contributed by atoms with Gasteiger partial charge in [0.25, 0.3) is 0 Å². The van der Waals surface area contributed by atoms with E-state index in [2.05, 4.69) is 20.1 Å². The van der Waals surface area contributed by atoms with Gasteiger partial charge in [-0.25, -0.2) is 13.6 Å². The average Bonchev–Trinajstić information content (AvgIpc) is 2.87. The molecule has 1 unspecified atom stereocenters. The molecule has 100 valence electrons. The third kappa shape index (κ3) is 3.00. The van der Waals surface area contributed by atoms with Crippen molar-refractivity contribution in [1.82, 2.24) is 20.2 Å². The molecule has 0 aliphatic heterocycles. The number of rotatable bonds is 4. The maximum absolute atomic E-state index is 13.2. The van der Waals surface area contributed by atoms with Gasteiger partial charge in [0.05, 0.1) is 0 Å². The molecule has 1 aromatic heterocycles. The average molecular weight is 269 g/mol. The molecule has 1 heterocycles. The summed E-state index contributed by atoms with van der Waals surface area (Å²) in [4.78, 5) is 11.7. The fourth-order valence-electron chi connectivity index (χ4n) is 1.49. The van der Waals surface area contributed by atoms with Gasteiger partial charge in [-0.1, -0.05) is 6.07 Å². The molecule has 0 spiro atoms. The van der Waals surface area contributed by atoms with Crippen LogP contribution in [0.25, 0.3) is 0 Å². The van der Waals surface area contributed by atoms with Crippen LogP contribution >= 0.6 is 0 Å². The lowest BCUT2D eigenvalue weighted by atomic mass is 10.1. The van der Waals surface area contributed by atoms with E-state index in [1.54, 1.807) is 0 Å². The van der Waals surface area contributed by atoms with E-state index in [0.29, 0.717) is 5.56 Å². The Morgan fingerprint density at radius 3 is 2.79 bits per heavy atom. The zero-order valence-corrected chi connectivity index (χ0v) is 9.53. The standard InChI is InChI=1S/C10H9F2N5O2/c11-7-2-1-6(3-8(7)12)9(4-19-10(13)18)17-15-5-14-16-17/h1-3,5,9H,4H2,(H2,13,18). The molecule has 0 saturated carbocycles. The molecular formula is C10H9F2N5O2. The Balaban J connectivity index is 2.31. The molecule has 2 N–H and O–H groups in total. The van der Waals surface area contributed by atoms with Crippen molar-refractivity contribution in [3.63, 3.8) is 0 Å². The molecule has 0 aliphatic carbocycles. The van der Waals surface area contributed by atoms with Gasteiger partial charge in [0.1, 0.15) is 12.6 Å². The number of amides is 1. The predicted octanol–water partition coefficient (Wildman–Crippen LogP) is 0.636. The number of hydrogen-bond donors (Lipinski definition) is 1. The smallest absolute Gasteiger partial charge is 0.404 e. The molecule has 0 saturated heterocycles. The van der Waals surface area contributed by atoms with Crippen LogP contribution in [0.5, 0.6) is 0 Å². The normalized spacial score (nSPS) is 12.1. The molecule has 9 heteroatoms. The monoisotopic (exact) mass is 269 g/mol. The quantitative estimate of drug-likeness (QED) is 0.878. The highest BCUT2D eigenvalue weighted by Crippen LogP contribution is 2.19. The molecule has 2 rings (SSSR count). The predicted molar refractivity (Wildman–Crippen MR) is 57.8 cm³/mol. The first-order valence-electron chi connectivity index (χ1n) is 5.17. The first-order valence-corrected chi connectivity index (χ1v) is 5.17. The minimum atomic E-state index is -1.03. The fraction of sp³-hybridized carbons (Fsp3) is 0.200. The Bertz CT molecular complexity index is 575. The van der Waals surface area contributed by atoms with Gasteiger partial charge in [-0.3, -0.25) is 0 Å². The second kappa shape index (κ2) is 5.38. The molecule has 0 aliphatic rings. The van der Waals surface area contributed by atoms with Crippen molar-refractivity contribution in [2.24, 2.45) is 5.73 Å². The number of ether oxygens (including phenoxy) is 1. The second-order valence-corrected chi connectivity index (χ2v) is 3.58. The van der Waals surface area contributed by atoms with E-state index in [1.165, 1.54) is 6.07 Å². The number of nitrogens with zero attached hydrogens (tertiary/aromatic N) is 4. The Kier molecular flexibility index (Phi) is 3.64. The number of nitrogens with two attached hydrogens (primary N) is 1. The van der Waals surface area contributed by atoms with E-state index in [9.17, 15) is 13.6 Å². The van der Waals surface area contributed by atoms with Crippen LogP contribution in [0.4, 0.5) is 13.6 Å². The largest absolute Gasteiger partial charge is 0.447 e. The van der Waals surface area contributed by atoms with E-state index in [4.69, 9.17) is 5.73 Å². The van der Waals surface area contributed by atoms with Gasteiger partial charge >= 0.3 is 6.09 Å². The Morgan fingerprint density at radius 1 is 1.42 bits per heavy atom. The maximum Gasteiger partial charge on any atom is 0.404 e. The summed E-state index contributed by atoms with van der Waals surface area (Å²) in [5.74, 6) is -2.01. The zero-order chi connectivity index (χ0) is 13.8. The summed E-state index contributed by atoms with van der Waals surface area (Å²) in [5.41, 5.74) is 5.18. The van der Waals surface area contributed by atoms with Gasteiger partial charge in [0.15, 0.2) is 18.0 Å². The third-order valence-electron chi connectivity index (χ3n) is 2.36. The summed E-state index contributed by atoms with van der Waals surface area (Å²) in [6, 6.07) is 2.51. The third-order valence-corrected chi connectivity index (χ3v) is 2.36. The van der Waals surface area contributed by atoms with Crippen LogP contribution in [-0.2, 0) is 4.74 Å². The van der Waals surface area contributed by atoms with Gasteiger partial charge in [0, 0.05) is 0 Å². The number of hydrogen-bond acceptors (Lipinski definition) is 5. The van der Waals surface area contributed by atoms with Crippen LogP contribution in [0.15, 0.2) is 24.5 Å². The SMILES string of the molecule is NC(=O)OCC(c1ccc(F)c(F)c1)n1ncnn1. The second-order valence-electron chi connectivity index (χ2n) is 3.58. The van der Waals surface area contributed by atoms with Crippen molar-refractivity contribution in [2.75, 3.05) is 6.61 Å². The molecule has 1 atom stereocenters. The van der Waals surface area contributed by atoms with Crippen LogP contribution in [0, 0.1) is 11.6 Å². The van der Waals surface area contributed by atoms with Gasteiger partial charge in [-0.2, -0.15) is 4.80 Å². The summed E-state index contributed by atoms with van der Waals surface area (Å²) < 4.78 is 30.7. The van der Waals surface area contributed by atoms with E-state index >= 15 is 0 Å². The number of carbonyl (C=O) groups is 1. The van der Waals surface area contributed by atoms with Gasteiger partial charge in [0.2, 0.25) is 0 Å². The van der Waals surface area contributed by atoms with Crippen LogP contribution in [0.3, 0.4) is 0 Å². The molecule has 0 fully saturated rings. The van der Waals surface area contributed by atoms with E-state index < -0.39 is 23.8 Å². The number of carbonyl (C=O) groups excluding carboxylic acids is 1. The summed E-state index contributed by atoms with van der Waals surface area (Å²) >= 11 is 0. The Hall–Kier alpha value is -2.58. The lowest BCUT2D eigenvalue weighted by Crippen LogP contribution is -2.24. The lowest BCUT2D eigenvalue weighted by molar-refractivity contribution is 0.139. The molecule has 7 nitrogen and oxygen atoms in total. The fourth-order valence-corrected chi connectivity index (χ4v) is 1.49. The molecule has 1 amide bonds. The maximum atomic E-state index is 13.2. The summed E-state index contributed by atoms with van der Waals surface area (Å²) in [5, 5.41) is 10.9. The van der Waals surface area contributed by atoms with Crippen LogP contribution < -0.4 is 5.73 Å². The summed E-state index contributed by atoms with van der Waals surface area (Å²) in [6.07, 6.45) is 0.171. The van der Waals surface area contributed by atoms with Crippen molar-refractivity contribution in [1.29, 1.82) is 0 Å². The van der Waals surface area contributed by atoms with Crippen LogP contribution in [-0.4, -0.2) is 32.9 Å². The van der Waals surface area contributed by atoms with Crippen molar-refractivity contribution in [3.8, 4) is 0 Å². The molecule has 1 aromatic carbocycles. The topological polar surface area (TPSA) is 95.9 Å². The van der Waals surface area contributed by atoms with E-state index in [1.807, 2.05) is 0 Å². The van der Waals surface area contributed by atoms with Crippen LogP contribution in [0.1, 0.15) is 11.6 Å². The molecule has 2 aromatic rings. The molecule has 0 bridgehead atoms. The van der Waals surface area contributed by atoms with Crippen molar-refractivity contribution >= 4 is 6.09 Å². The van der Waals surface area contributed by atoms with E-state index in [-0.39, 0.29) is 6.61 Å². The Labute approximate surface area is 106 Å². The molecule has 19 heavy (non-hydrogen) atoms. The van der Waals surface area contributed by atoms with Crippen molar-refractivity contribution < 1.29 is 18.3 Å². The lowest BCUT2D eigenvalue weighted by Gasteiger charge is -2.15. The first kappa shape index (κ1) is 12.9. The minimum Gasteiger partial charge on any atom is -0.447 e. The number of tetrazole rings is 1. The van der Waals surface area contributed by atoms with Gasteiger partial charge in [-0.15, -0.1) is 10.2 Å². The number of aromatic nitrogens is 4. The molecule has 0 radical (unpaired) electrons. The zero-order valence-electron chi connectivity index (χ0n) is 9.53. The van der Waals surface area contributed by atoms with Crippen molar-refractivity contribution in [3.05, 3.63) is 41.7 Å². The number of halogens is 2. The number of primary amides is 1. The van der Waals surface area contributed by atoms with Gasteiger partial charge < -0.3 is 10.5 Å². The Morgan fingerprint density at radius 2 is 2.21 bits per heavy atom. The summed E-state index contributed by atoms with van der Waals surface area (Å²) in [6.45, 7) is -0.225. The van der Waals surface area contributed by atoms with E-state index in [0.717, 1.165) is 23.3 Å². The van der Waals surface area contributed by atoms with Crippen molar-refractivity contribution in [2.45, 2.75) is 6.04 Å². The highest BCUT2D eigenvalue weighted by atomic mass is 19.2. The number of benzene rings is 1. The van der Waals surface area contributed by atoms with Gasteiger partial charge in [-0.05, 0) is 22.9 Å². The highest BCUT2D eigenvalue weighted by molar-refractivity contribution is 5.64.